The van der Waals surface area contributed by atoms with Crippen molar-refractivity contribution in [2.75, 3.05) is 14.2 Å². The molecule has 0 saturated heterocycles. The minimum absolute atomic E-state index is 0.259. The van der Waals surface area contributed by atoms with E-state index in [0.29, 0.717) is 26.8 Å². The number of rotatable bonds is 5. The van der Waals surface area contributed by atoms with Gasteiger partial charge in [-0.1, -0.05) is 17.4 Å². The Balaban J connectivity index is 1.70. The van der Waals surface area contributed by atoms with Gasteiger partial charge in [0.05, 0.1) is 18.8 Å². The van der Waals surface area contributed by atoms with E-state index in [0.717, 1.165) is 16.9 Å². The van der Waals surface area contributed by atoms with E-state index in [-0.39, 0.29) is 5.56 Å². The van der Waals surface area contributed by atoms with Crippen molar-refractivity contribution >= 4 is 28.3 Å². The Morgan fingerprint density at radius 1 is 1.07 bits per heavy atom. The summed E-state index contributed by atoms with van der Waals surface area (Å²) in [4.78, 5) is 28.9. The first-order valence-electron chi connectivity index (χ1n) is 8.90. The van der Waals surface area contributed by atoms with Crippen molar-refractivity contribution in [3.8, 4) is 28.6 Å². The van der Waals surface area contributed by atoms with Crippen LogP contribution in [-0.2, 0) is 4.79 Å². The number of hydrogen-bond acceptors (Lipinski definition) is 8. The predicted molar refractivity (Wildman–Crippen MR) is 112 cm³/mol. The van der Waals surface area contributed by atoms with Crippen LogP contribution >= 0.6 is 11.3 Å². The number of fused-ring (bicyclic) bond motifs is 1. The van der Waals surface area contributed by atoms with E-state index in [1.807, 2.05) is 24.3 Å². The van der Waals surface area contributed by atoms with E-state index in [9.17, 15) is 9.59 Å². The summed E-state index contributed by atoms with van der Waals surface area (Å²) < 4.78 is 17.3. The van der Waals surface area contributed by atoms with E-state index in [1.54, 1.807) is 31.4 Å². The maximum absolute atomic E-state index is 12.8. The zero-order valence-corrected chi connectivity index (χ0v) is 17.2. The quantitative estimate of drug-likeness (QED) is 0.359. The summed E-state index contributed by atoms with van der Waals surface area (Å²) in [5.74, 6) is 1.48. The van der Waals surface area contributed by atoms with Crippen molar-refractivity contribution < 1.29 is 19.0 Å². The van der Waals surface area contributed by atoms with Gasteiger partial charge in [-0.05, 0) is 48.0 Å². The third-order valence-corrected chi connectivity index (χ3v) is 5.23. The summed E-state index contributed by atoms with van der Waals surface area (Å²) in [5, 5.41) is 4.34. The van der Waals surface area contributed by atoms with Gasteiger partial charge in [0.15, 0.2) is 17.3 Å². The average Bonchev–Trinajstić information content (AvgIpc) is 3.28. The lowest BCUT2D eigenvalue weighted by Gasteiger charge is -2.08. The number of hydrogen-bond donors (Lipinski definition) is 0. The lowest BCUT2D eigenvalue weighted by molar-refractivity contribution is -0.132. The highest BCUT2D eigenvalue weighted by Gasteiger charge is 2.13. The van der Waals surface area contributed by atoms with Gasteiger partial charge in [0, 0.05) is 12.5 Å². The molecule has 0 saturated carbocycles. The molecule has 8 nitrogen and oxygen atoms in total. The number of ether oxygens (including phenoxy) is 3. The number of carbonyl (C=O) groups is 1. The van der Waals surface area contributed by atoms with Crippen LogP contribution in [0.4, 0.5) is 0 Å². The predicted octanol–water partition coefficient (Wildman–Crippen LogP) is 2.31. The van der Waals surface area contributed by atoms with Gasteiger partial charge in [-0.25, -0.2) is 0 Å². The Morgan fingerprint density at radius 3 is 2.47 bits per heavy atom. The fourth-order valence-corrected chi connectivity index (χ4v) is 3.77. The molecule has 0 bridgehead atoms. The summed E-state index contributed by atoms with van der Waals surface area (Å²) in [7, 11) is 3.08. The second-order valence-corrected chi connectivity index (χ2v) is 7.29. The van der Waals surface area contributed by atoms with Gasteiger partial charge in [0.1, 0.15) is 5.75 Å². The maximum Gasteiger partial charge on any atom is 0.308 e. The Bertz CT molecular complexity index is 1340. The van der Waals surface area contributed by atoms with Crippen LogP contribution in [0.2, 0.25) is 0 Å². The Hall–Kier alpha value is -3.72. The number of methoxy groups -OCH3 is 2. The van der Waals surface area contributed by atoms with E-state index in [4.69, 9.17) is 14.2 Å². The highest BCUT2D eigenvalue weighted by atomic mass is 32.1. The maximum atomic E-state index is 12.8. The highest BCUT2D eigenvalue weighted by Crippen LogP contribution is 2.28. The SMILES string of the molecule is COc1ccc(-c2nc3sc(=Cc4ccc(OC(C)=O)c(OC)c4)c(=O)n3n2)cc1. The molecule has 152 valence electrons. The topological polar surface area (TPSA) is 92.0 Å². The van der Waals surface area contributed by atoms with Crippen molar-refractivity contribution in [2.24, 2.45) is 0 Å². The van der Waals surface area contributed by atoms with Crippen LogP contribution in [0, 0.1) is 0 Å². The summed E-state index contributed by atoms with van der Waals surface area (Å²) in [5.41, 5.74) is 1.26. The normalized spacial score (nSPS) is 11.6. The van der Waals surface area contributed by atoms with Crippen molar-refractivity contribution in [3.05, 3.63) is 62.9 Å². The number of benzene rings is 2. The smallest absolute Gasteiger partial charge is 0.308 e. The fraction of sp³-hybridized carbons (Fsp3) is 0.143. The fourth-order valence-electron chi connectivity index (χ4n) is 2.86. The Morgan fingerprint density at radius 2 is 1.83 bits per heavy atom. The van der Waals surface area contributed by atoms with Gasteiger partial charge < -0.3 is 14.2 Å². The van der Waals surface area contributed by atoms with Crippen LogP contribution in [-0.4, -0.2) is 34.8 Å². The molecule has 0 aliphatic rings. The van der Waals surface area contributed by atoms with Crippen LogP contribution in [0.15, 0.2) is 47.3 Å². The third kappa shape index (κ3) is 3.74. The number of aromatic nitrogens is 3. The second-order valence-electron chi connectivity index (χ2n) is 6.28. The Kier molecular flexibility index (Phi) is 5.20. The zero-order chi connectivity index (χ0) is 21.3. The average molecular weight is 423 g/mol. The molecule has 0 atom stereocenters. The molecule has 0 spiro atoms. The van der Waals surface area contributed by atoms with Crippen LogP contribution < -0.4 is 24.3 Å². The number of carbonyl (C=O) groups excluding carboxylic acids is 1. The van der Waals surface area contributed by atoms with Gasteiger partial charge in [-0.15, -0.1) is 5.10 Å². The van der Waals surface area contributed by atoms with Gasteiger partial charge in [0.2, 0.25) is 4.96 Å². The third-order valence-electron chi connectivity index (χ3n) is 4.27. The first kappa shape index (κ1) is 19.6. The molecule has 0 fully saturated rings. The Labute approximate surface area is 175 Å². The first-order chi connectivity index (χ1) is 14.5. The van der Waals surface area contributed by atoms with Crippen molar-refractivity contribution in [3.63, 3.8) is 0 Å². The van der Waals surface area contributed by atoms with Crippen molar-refractivity contribution in [2.45, 2.75) is 6.92 Å². The largest absolute Gasteiger partial charge is 0.497 e. The van der Waals surface area contributed by atoms with Crippen molar-refractivity contribution in [1.82, 2.24) is 14.6 Å². The van der Waals surface area contributed by atoms with Gasteiger partial charge in [0.25, 0.3) is 5.56 Å². The lowest BCUT2D eigenvalue weighted by Crippen LogP contribution is -2.23. The molecule has 4 rings (SSSR count). The number of thiazole rings is 1. The van der Waals surface area contributed by atoms with Gasteiger partial charge in [-0.2, -0.15) is 9.50 Å². The van der Waals surface area contributed by atoms with Crippen LogP contribution in [0.1, 0.15) is 12.5 Å². The molecule has 0 aliphatic carbocycles. The molecule has 2 heterocycles. The monoisotopic (exact) mass is 423 g/mol. The molecule has 9 heteroatoms. The molecule has 0 N–H and O–H groups in total. The highest BCUT2D eigenvalue weighted by molar-refractivity contribution is 7.15. The second kappa shape index (κ2) is 7.96. The van der Waals surface area contributed by atoms with E-state index >= 15 is 0 Å². The standard InChI is InChI=1S/C21H17N3O5S/c1-12(25)29-16-9-4-13(10-17(16)28-3)11-18-20(26)24-21(30-18)22-19(23-24)14-5-7-15(27-2)8-6-14/h4-11H,1-3H3. The lowest BCUT2D eigenvalue weighted by atomic mass is 10.2. The molecule has 2 aromatic heterocycles. The molecule has 4 aromatic rings. The van der Waals surface area contributed by atoms with Crippen molar-refractivity contribution in [1.29, 1.82) is 0 Å². The van der Waals surface area contributed by atoms with Crippen LogP contribution in [0.3, 0.4) is 0 Å². The molecule has 0 radical (unpaired) electrons. The number of esters is 1. The molecule has 0 aliphatic heterocycles. The van der Waals surface area contributed by atoms with Crippen LogP contribution in [0.25, 0.3) is 22.4 Å². The van der Waals surface area contributed by atoms with E-state index < -0.39 is 5.97 Å². The molecular weight excluding hydrogens is 406 g/mol. The molecule has 2 aromatic carbocycles. The molecule has 30 heavy (non-hydrogen) atoms. The molecule has 0 amide bonds. The minimum Gasteiger partial charge on any atom is -0.497 e. The van der Waals surface area contributed by atoms with E-state index in [1.165, 1.54) is 29.9 Å². The summed E-state index contributed by atoms with van der Waals surface area (Å²) in [6, 6.07) is 12.4. The number of nitrogens with zero attached hydrogens (tertiary/aromatic N) is 3. The molecule has 0 unspecified atom stereocenters. The van der Waals surface area contributed by atoms with E-state index in [2.05, 4.69) is 10.1 Å². The molecular formula is C21H17N3O5S. The summed E-state index contributed by atoms with van der Waals surface area (Å²) >= 11 is 1.24. The van der Waals surface area contributed by atoms with Gasteiger partial charge >= 0.3 is 5.97 Å². The minimum atomic E-state index is -0.440. The first-order valence-corrected chi connectivity index (χ1v) is 9.72. The van der Waals surface area contributed by atoms with Crippen LogP contribution in [0.5, 0.6) is 17.2 Å². The summed E-state index contributed by atoms with van der Waals surface area (Å²) in [6.45, 7) is 1.32. The summed E-state index contributed by atoms with van der Waals surface area (Å²) in [6.07, 6.45) is 1.72. The zero-order valence-electron chi connectivity index (χ0n) is 16.4. The van der Waals surface area contributed by atoms with Gasteiger partial charge in [-0.3, -0.25) is 9.59 Å².